The van der Waals surface area contributed by atoms with Gasteiger partial charge in [0, 0.05) is 5.56 Å². The smallest absolute Gasteiger partial charge is 0.248 e. The van der Waals surface area contributed by atoms with Crippen molar-refractivity contribution in [3.8, 4) is 0 Å². The molecule has 1 rings (SSSR count). The lowest BCUT2D eigenvalue weighted by Gasteiger charge is -2.35. The van der Waals surface area contributed by atoms with Crippen LogP contribution in [-0.4, -0.2) is 18.6 Å². The van der Waals surface area contributed by atoms with Crippen LogP contribution in [0.2, 0.25) is 0 Å². The lowest BCUT2D eigenvalue weighted by Crippen LogP contribution is -2.40. The predicted octanol–water partition coefficient (Wildman–Crippen LogP) is 1.95. The molecule has 0 heterocycles. The number of carbonyl (C=O) groups is 1. The Hall–Kier alpha value is -1.55. The SMILES string of the molecule is CON(c1cccc(C(N)=O)c1)C(C)(C)C. The van der Waals surface area contributed by atoms with Gasteiger partial charge in [0.15, 0.2) is 0 Å². The van der Waals surface area contributed by atoms with Crippen molar-refractivity contribution in [1.82, 2.24) is 0 Å². The van der Waals surface area contributed by atoms with E-state index in [1.165, 1.54) is 0 Å². The van der Waals surface area contributed by atoms with Gasteiger partial charge in [-0.25, -0.2) is 5.06 Å². The van der Waals surface area contributed by atoms with Crippen molar-refractivity contribution >= 4 is 11.6 Å². The molecule has 0 aromatic heterocycles. The minimum atomic E-state index is -0.438. The van der Waals surface area contributed by atoms with Gasteiger partial charge in [-0.2, -0.15) is 0 Å². The topological polar surface area (TPSA) is 55.6 Å². The standard InChI is InChI=1S/C12H18N2O2/c1-12(2,3)14(16-4)10-7-5-6-9(8-10)11(13)15/h5-8H,1-4H3,(H2,13,15). The number of hydroxylamine groups is 1. The second-order valence-electron chi connectivity index (χ2n) is 4.56. The molecule has 0 aliphatic carbocycles. The quantitative estimate of drug-likeness (QED) is 0.795. The van der Waals surface area contributed by atoms with Gasteiger partial charge in [0.05, 0.1) is 18.3 Å². The van der Waals surface area contributed by atoms with Crippen LogP contribution in [0.4, 0.5) is 5.69 Å². The maximum atomic E-state index is 11.1. The van der Waals surface area contributed by atoms with Gasteiger partial charge in [0.2, 0.25) is 5.91 Å². The molecule has 16 heavy (non-hydrogen) atoms. The summed E-state index contributed by atoms with van der Waals surface area (Å²) in [5.41, 5.74) is 6.33. The monoisotopic (exact) mass is 222 g/mol. The first kappa shape index (κ1) is 12.5. The number of amides is 1. The van der Waals surface area contributed by atoms with Gasteiger partial charge in [0.1, 0.15) is 0 Å². The molecular weight excluding hydrogens is 204 g/mol. The van der Waals surface area contributed by atoms with Crippen LogP contribution in [0.3, 0.4) is 0 Å². The van der Waals surface area contributed by atoms with Gasteiger partial charge in [-0.3, -0.25) is 9.63 Å². The Labute approximate surface area is 95.9 Å². The van der Waals surface area contributed by atoms with Crippen LogP contribution in [-0.2, 0) is 4.84 Å². The summed E-state index contributed by atoms with van der Waals surface area (Å²) in [6, 6.07) is 7.06. The Kier molecular flexibility index (Phi) is 3.55. The third kappa shape index (κ3) is 2.73. The number of benzene rings is 1. The Morgan fingerprint density at radius 1 is 1.38 bits per heavy atom. The van der Waals surface area contributed by atoms with Crippen LogP contribution in [0.25, 0.3) is 0 Å². The molecule has 0 aliphatic rings. The first-order valence-electron chi connectivity index (χ1n) is 5.10. The van der Waals surface area contributed by atoms with Gasteiger partial charge in [0.25, 0.3) is 0 Å². The highest BCUT2D eigenvalue weighted by molar-refractivity contribution is 5.93. The summed E-state index contributed by atoms with van der Waals surface area (Å²) in [4.78, 5) is 16.4. The molecule has 4 heteroatoms. The number of primary amides is 1. The number of anilines is 1. The Balaban J connectivity index is 3.11. The van der Waals surface area contributed by atoms with E-state index in [0.29, 0.717) is 5.56 Å². The normalized spacial score (nSPS) is 11.2. The minimum Gasteiger partial charge on any atom is -0.366 e. The van der Waals surface area contributed by atoms with Crippen molar-refractivity contribution in [2.75, 3.05) is 12.2 Å². The summed E-state index contributed by atoms with van der Waals surface area (Å²) in [7, 11) is 1.60. The van der Waals surface area contributed by atoms with E-state index in [2.05, 4.69) is 0 Å². The first-order chi connectivity index (χ1) is 7.36. The van der Waals surface area contributed by atoms with E-state index in [9.17, 15) is 4.79 Å². The molecule has 88 valence electrons. The Bertz CT molecular complexity index is 383. The zero-order valence-corrected chi connectivity index (χ0v) is 10.2. The number of nitrogens with two attached hydrogens (primary N) is 1. The Morgan fingerprint density at radius 2 is 2.00 bits per heavy atom. The molecule has 0 spiro atoms. The highest BCUT2D eigenvalue weighted by Gasteiger charge is 2.22. The van der Waals surface area contributed by atoms with E-state index in [1.54, 1.807) is 30.4 Å². The Morgan fingerprint density at radius 3 is 2.44 bits per heavy atom. The summed E-state index contributed by atoms with van der Waals surface area (Å²) in [5.74, 6) is -0.438. The molecule has 0 radical (unpaired) electrons. The van der Waals surface area contributed by atoms with Crippen LogP contribution < -0.4 is 10.8 Å². The summed E-state index contributed by atoms with van der Waals surface area (Å²) >= 11 is 0. The molecule has 0 aliphatic heterocycles. The van der Waals surface area contributed by atoms with Crippen LogP contribution in [0.5, 0.6) is 0 Å². The summed E-state index contributed by atoms with van der Waals surface area (Å²) in [6.07, 6.45) is 0. The van der Waals surface area contributed by atoms with Gasteiger partial charge >= 0.3 is 0 Å². The summed E-state index contributed by atoms with van der Waals surface area (Å²) in [5, 5.41) is 1.74. The van der Waals surface area contributed by atoms with E-state index < -0.39 is 5.91 Å². The van der Waals surface area contributed by atoms with Crippen LogP contribution in [0.1, 0.15) is 31.1 Å². The van der Waals surface area contributed by atoms with E-state index in [4.69, 9.17) is 10.6 Å². The minimum absolute atomic E-state index is 0.189. The first-order valence-corrected chi connectivity index (χ1v) is 5.10. The van der Waals surface area contributed by atoms with E-state index >= 15 is 0 Å². The summed E-state index contributed by atoms with van der Waals surface area (Å²) < 4.78 is 0. The van der Waals surface area contributed by atoms with Crippen molar-refractivity contribution in [1.29, 1.82) is 0 Å². The molecule has 0 atom stereocenters. The van der Waals surface area contributed by atoms with Crippen LogP contribution in [0, 0.1) is 0 Å². The van der Waals surface area contributed by atoms with Gasteiger partial charge in [-0.1, -0.05) is 6.07 Å². The lowest BCUT2D eigenvalue weighted by molar-refractivity contribution is 0.0998. The lowest BCUT2D eigenvalue weighted by atomic mass is 10.1. The van der Waals surface area contributed by atoms with E-state index in [1.807, 2.05) is 26.8 Å². The molecule has 1 amide bonds. The largest absolute Gasteiger partial charge is 0.366 e. The average Bonchev–Trinajstić information content (AvgIpc) is 2.17. The molecule has 0 saturated heterocycles. The molecule has 4 nitrogen and oxygen atoms in total. The highest BCUT2D eigenvalue weighted by Crippen LogP contribution is 2.24. The fourth-order valence-electron chi connectivity index (χ4n) is 1.55. The zero-order chi connectivity index (χ0) is 12.3. The van der Waals surface area contributed by atoms with Gasteiger partial charge in [-0.05, 0) is 39.0 Å². The number of carbonyl (C=O) groups excluding carboxylic acids is 1. The number of nitrogens with zero attached hydrogens (tertiary/aromatic N) is 1. The van der Waals surface area contributed by atoms with Crippen molar-refractivity contribution in [3.63, 3.8) is 0 Å². The molecule has 2 N–H and O–H groups in total. The predicted molar refractivity (Wildman–Crippen MR) is 64.2 cm³/mol. The second-order valence-corrected chi connectivity index (χ2v) is 4.56. The van der Waals surface area contributed by atoms with E-state index in [-0.39, 0.29) is 5.54 Å². The van der Waals surface area contributed by atoms with Crippen molar-refractivity contribution in [3.05, 3.63) is 29.8 Å². The molecule has 0 bridgehead atoms. The van der Waals surface area contributed by atoms with Crippen molar-refractivity contribution in [2.24, 2.45) is 5.73 Å². The maximum absolute atomic E-state index is 11.1. The van der Waals surface area contributed by atoms with Crippen LogP contribution >= 0.6 is 0 Å². The number of hydrogen-bond acceptors (Lipinski definition) is 3. The van der Waals surface area contributed by atoms with Crippen LogP contribution in [0.15, 0.2) is 24.3 Å². The third-order valence-corrected chi connectivity index (χ3v) is 2.16. The number of rotatable bonds is 3. The second kappa shape index (κ2) is 4.53. The molecule has 1 aromatic carbocycles. The third-order valence-electron chi connectivity index (χ3n) is 2.16. The van der Waals surface area contributed by atoms with Gasteiger partial charge < -0.3 is 5.73 Å². The fourth-order valence-corrected chi connectivity index (χ4v) is 1.55. The molecule has 0 unspecified atom stereocenters. The highest BCUT2D eigenvalue weighted by atomic mass is 16.7. The number of hydrogen-bond donors (Lipinski definition) is 1. The zero-order valence-electron chi connectivity index (χ0n) is 10.2. The van der Waals surface area contributed by atoms with E-state index in [0.717, 1.165) is 5.69 Å². The molecular formula is C12H18N2O2. The maximum Gasteiger partial charge on any atom is 0.248 e. The molecule has 0 saturated carbocycles. The van der Waals surface area contributed by atoms with Gasteiger partial charge in [-0.15, -0.1) is 0 Å². The molecule has 0 fully saturated rings. The summed E-state index contributed by atoms with van der Waals surface area (Å²) in [6.45, 7) is 6.06. The van der Waals surface area contributed by atoms with Crippen molar-refractivity contribution < 1.29 is 9.63 Å². The van der Waals surface area contributed by atoms with Crippen molar-refractivity contribution in [2.45, 2.75) is 26.3 Å². The fraction of sp³-hybridized carbons (Fsp3) is 0.417. The molecule has 1 aromatic rings. The average molecular weight is 222 g/mol.